The van der Waals surface area contributed by atoms with Crippen LogP contribution in [0.1, 0.15) is 39.0 Å². The smallest absolute Gasteiger partial charge is 0.132 e. The molecule has 0 aromatic carbocycles. The Labute approximate surface area is 73.4 Å². The van der Waals surface area contributed by atoms with Crippen LogP contribution in [0, 0.1) is 0 Å². The molecule has 2 N–H and O–H groups in total. The molecule has 1 rings (SSSR count). The molecule has 0 spiro atoms. The molecule has 1 aliphatic carbocycles. The van der Waals surface area contributed by atoms with Crippen molar-refractivity contribution in [3.05, 3.63) is 0 Å². The van der Waals surface area contributed by atoms with Gasteiger partial charge in [0, 0.05) is 19.4 Å². The molecule has 1 saturated carbocycles. The summed E-state index contributed by atoms with van der Waals surface area (Å²) in [6, 6.07) is 0. The highest BCUT2D eigenvalue weighted by Crippen LogP contribution is 2.11. The van der Waals surface area contributed by atoms with Crippen LogP contribution >= 0.6 is 0 Å². The molecule has 3 nitrogen and oxygen atoms in total. The van der Waals surface area contributed by atoms with Crippen molar-refractivity contribution in [1.29, 1.82) is 0 Å². The second-order valence-corrected chi connectivity index (χ2v) is 3.11. The van der Waals surface area contributed by atoms with Crippen LogP contribution in [0.5, 0.6) is 0 Å². The molecule has 1 atom stereocenters. The van der Waals surface area contributed by atoms with Gasteiger partial charge in [-0.25, -0.2) is 0 Å². The Balaban J connectivity index is 0.000000202. The second kappa shape index (κ2) is 7.25. The summed E-state index contributed by atoms with van der Waals surface area (Å²) in [6.45, 7) is 1.73. The van der Waals surface area contributed by atoms with Crippen molar-refractivity contribution in [2.45, 2.75) is 45.1 Å². The standard InChI is InChI=1S/C5H8O.C4H10O2/c6-5-3-1-2-4-5;1-4(6)2-3-5/h1-4H2;4-6H,2-3H2,1H3. The van der Waals surface area contributed by atoms with Gasteiger partial charge in [0.2, 0.25) is 0 Å². The van der Waals surface area contributed by atoms with Crippen molar-refractivity contribution < 1.29 is 15.0 Å². The van der Waals surface area contributed by atoms with Gasteiger partial charge in [-0.3, -0.25) is 4.79 Å². The maximum absolute atomic E-state index is 10.2. The molecular formula is C9H18O3. The van der Waals surface area contributed by atoms with Crippen molar-refractivity contribution in [2.75, 3.05) is 6.61 Å². The molecular weight excluding hydrogens is 156 g/mol. The van der Waals surface area contributed by atoms with E-state index in [-0.39, 0.29) is 12.7 Å². The molecule has 0 saturated heterocycles. The van der Waals surface area contributed by atoms with Crippen LogP contribution in [0.25, 0.3) is 0 Å². The van der Waals surface area contributed by atoms with Gasteiger partial charge in [0.1, 0.15) is 5.78 Å². The lowest BCUT2D eigenvalue weighted by Crippen LogP contribution is -2.00. The van der Waals surface area contributed by atoms with E-state index in [1.807, 2.05) is 0 Å². The number of aliphatic hydroxyl groups excluding tert-OH is 2. The molecule has 72 valence electrons. The molecule has 0 aromatic rings. The van der Waals surface area contributed by atoms with Gasteiger partial charge in [-0.05, 0) is 26.2 Å². The monoisotopic (exact) mass is 174 g/mol. The summed E-state index contributed by atoms with van der Waals surface area (Å²) in [7, 11) is 0. The lowest BCUT2D eigenvalue weighted by atomic mass is 10.3. The number of rotatable bonds is 2. The highest BCUT2D eigenvalue weighted by molar-refractivity contribution is 5.79. The quantitative estimate of drug-likeness (QED) is 0.653. The highest BCUT2D eigenvalue weighted by atomic mass is 16.3. The van der Waals surface area contributed by atoms with Crippen LogP contribution in [-0.2, 0) is 4.79 Å². The fourth-order valence-corrected chi connectivity index (χ4v) is 0.956. The van der Waals surface area contributed by atoms with Crippen LogP contribution < -0.4 is 0 Å². The molecule has 1 aliphatic rings. The normalized spacial score (nSPS) is 18.4. The molecule has 0 bridgehead atoms. The van der Waals surface area contributed by atoms with E-state index in [0.29, 0.717) is 12.2 Å². The number of carbonyl (C=O) groups excluding carboxylic acids is 1. The zero-order valence-corrected chi connectivity index (χ0v) is 7.62. The summed E-state index contributed by atoms with van der Waals surface area (Å²) in [5.74, 6) is 0.454. The van der Waals surface area contributed by atoms with Gasteiger partial charge in [0.15, 0.2) is 0 Å². The van der Waals surface area contributed by atoms with E-state index in [1.54, 1.807) is 6.92 Å². The van der Waals surface area contributed by atoms with Crippen LogP contribution in [0.15, 0.2) is 0 Å². The van der Waals surface area contributed by atoms with Gasteiger partial charge in [0.05, 0.1) is 6.10 Å². The first-order valence-corrected chi connectivity index (χ1v) is 4.47. The third-order valence-electron chi connectivity index (χ3n) is 1.71. The van der Waals surface area contributed by atoms with Crippen molar-refractivity contribution in [1.82, 2.24) is 0 Å². The maximum atomic E-state index is 10.2. The maximum Gasteiger partial charge on any atom is 0.132 e. The third-order valence-corrected chi connectivity index (χ3v) is 1.71. The zero-order chi connectivity index (χ0) is 9.40. The number of hydrogen-bond donors (Lipinski definition) is 2. The SMILES string of the molecule is CC(O)CCO.O=C1CCCC1. The van der Waals surface area contributed by atoms with Gasteiger partial charge >= 0.3 is 0 Å². The zero-order valence-electron chi connectivity index (χ0n) is 7.62. The number of carbonyl (C=O) groups is 1. The van der Waals surface area contributed by atoms with Gasteiger partial charge in [0.25, 0.3) is 0 Å². The molecule has 1 fully saturated rings. The predicted octanol–water partition coefficient (Wildman–Crippen LogP) is 0.879. The number of Topliss-reactive ketones (excluding diaryl/α,β-unsaturated/α-hetero) is 1. The highest BCUT2D eigenvalue weighted by Gasteiger charge is 2.07. The van der Waals surface area contributed by atoms with E-state index in [1.165, 1.54) is 0 Å². The van der Waals surface area contributed by atoms with Crippen LogP contribution in [-0.4, -0.2) is 28.7 Å². The molecule has 0 aromatic heterocycles. The summed E-state index contributed by atoms with van der Waals surface area (Å²) in [5.41, 5.74) is 0. The van der Waals surface area contributed by atoms with Crippen LogP contribution in [0.4, 0.5) is 0 Å². The molecule has 12 heavy (non-hydrogen) atoms. The Bertz CT molecular complexity index is 113. The van der Waals surface area contributed by atoms with Gasteiger partial charge in [-0.15, -0.1) is 0 Å². The van der Waals surface area contributed by atoms with Crippen molar-refractivity contribution in [3.8, 4) is 0 Å². The molecule has 0 radical (unpaired) electrons. The Kier molecular flexibility index (Phi) is 7.00. The van der Waals surface area contributed by atoms with E-state index in [2.05, 4.69) is 0 Å². The number of aliphatic hydroxyl groups is 2. The lowest BCUT2D eigenvalue weighted by Gasteiger charge is -1.95. The Morgan fingerprint density at radius 3 is 2.00 bits per heavy atom. The molecule has 3 heteroatoms. The van der Waals surface area contributed by atoms with Gasteiger partial charge in [-0.2, -0.15) is 0 Å². The minimum Gasteiger partial charge on any atom is -0.396 e. The Hall–Kier alpha value is -0.410. The summed E-state index contributed by atoms with van der Waals surface area (Å²) in [5, 5.41) is 16.5. The largest absolute Gasteiger partial charge is 0.396 e. The van der Waals surface area contributed by atoms with E-state index in [9.17, 15) is 4.79 Å². The predicted molar refractivity (Wildman–Crippen MR) is 46.9 cm³/mol. The third kappa shape index (κ3) is 7.69. The minimum absolute atomic E-state index is 0.0810. The molecule has 1 unspecified atom stereocenters. The first kappa shape index (κ1) is 11.6. The van der Waals surface area contributed by atoms with Crippen LogP contribution in [0.2, 0.25) is 0 Å². The van der Waals surface area contributed by atoms with Crippen molar-refractivity contribution in [2.24, 2.45) is 0 Å². The molecule has 0 amide bonds. The van der Waals surface area contributed by atoms with Gasteiger partial charge < -0.3 is 10.2 Å². The van der Waals surface area contributed by atoms with E-state index >= 15 is 0 Å². The molecule has 0 heterocycles. The summed E-state index contributed by atoms with van der Waals surface area (Å²) < 4.78 is 0. The lowest BCUT2D eigenvalue weighted by molar-refractivity contribution is -0.117. The first-order chi connectivity index (χ1) is 5.66. The van der Waals surface area contributed by atoms with E-state index in [4.69, 9.17) is 10.2 Å². The fraction of sp³-hybridized carbons (Fsp3) is 0.889. The summed E-state index contributed by atoms with van der Waals surface area (Å²) in [6.07, 6.45) is 4.10. The van der Waals surface area contributed by atoms with Crippen molar-refractivity contribution >= 4 is 5.78 Å². The van der Waals surface area contributed by atoms with Gasteiger partial charge in [-0.1, -0.05) is 0 Å². The second-order valence-electron chi connectivity index (χ2n) is 3.11. The summed E-state index contributed by atoms with van der Waals surface area (Å²) >= 11 is 0. The summed E-state index contributed by atoms with van der Waals surface area (Å²) in [4.78, 5) is 10.2. The average Bonchev–Trinajstić information content (AvgIpc) is 2.40. The molecule has 0 aliphatic heterocycles. The van der Waals surface area contributed by atoms with E-state index < -0.39 is 0 Å². The topological polar surface area (TPSA) is 57.5 Å². The minimum atomic E-state index is -0.352. The Morgan fingerprint density at radius 1 is 1.42 bits per heavy atom. The first-order valence-electron chi connectivity index (χ1n) is 4.47. The van der Waals surface area contributed by atoms with E-state index in [0.717, 1.165) is 25.7 Å². The average molecular weight is 174 g/mol. The Morgan fingerprint density at radius 2 is 1.92 bits per heavy atom. The number of hydrogen-bond acceptors (Lipinski definition) is 3. The number of ketones is 1. The fourth-order valence-electron chi connectivity index (χ4n) is 0.956. The van der Waals surface area contributed by atoms with Crippen molar-refractivity contribution in [3.63, 3.8) is 0 Å². The van der Waals surface area contributed by atoms with Crippen LogP contribution in [0.3, 0.4) is 0 Å².